The number of carbonyl (C=O) groups is 1. The smallest absolute Gasteiger partial charge is 0.419 e. The molecule has 31 heavy (non-hydrogen) atoms. The number of amides is 1. The molecule has 0 heterocycles. The van der Waals surface area contributed by atoms with Crippen molar-refractivity contribution >= 4 is 28.9 Å². The van der Waals surface area contributed by atoms with Gasteiger partial charge in [0.2, 0.25) is 0 Å². The standard InChI is InChI=1S/C21H22F4N2O3S/c1-13(27-31(29)20(2,3)4)16-10-15(11-17(18(16)22)21(23,24)25)26-19(28)30-12-14-8-6-5-7-9-14/h5-11H,12H2,1-4H3,(H,26,28)/b27-13+/t31-/m1/s1. The van der Waals surface area contributed by atoms with Gasteiger partial charge in [0.1, 0.15) is 28.5 Å². The fourth-order valence-corrected chi connectivity index (χ4v) is 2.97. The third kappa shape index (κ3) is 6.96. The van der Waals surface area contributed by atoms with Crippen molar-refractivity contribution in [2.75, 3.05) is 5.32 Å². The summed E-state index contributed by atoms with van der Waals surface area (Å²) in [6.45, 7) is 6.02. The first-order valence-corrected chi connectivity index (χ1v) is 10.3. The summed E-state index contributed by atoms with van der Waals surface area (Å²) in [6.07, 6.45) is -6.03. The second-order valence-electron chi connectivity index (χ2n) is 7.61. The summed E-state index contributed by atoms with van der Waals surface area (Å²) >= 11 is -1.82. The Labute approximate surface area is 180 Å². The number of nitrogens with one attached hydrogen (secondary N) is 1. The van der Waals surface area contributed by atoms with Crippen molar-refractivity contribution in [2.24, 2.45) is 4.40 Å². The van der Waals surface area contributed by atoms with Gasteiger partial charge in [0, 0.05) is 11.3 Å². The Hall–Kier alpha value is -2.59. The molecule has 168 valence electrons. The number of hydrogen-bond donors (Lipinski definition) is 1. The number of benzene rings is 2. The minimum absolute atomic E-state index is 0.0993. The molecule has 0 aliphatic heterocycles. The highest BCUT2D eigenvalue weighted by molar-refractivity contribution is 7.91. The van der Waals surface area contributed by atoms with Gasteiger partial charge in [-0.05, 0) is 45.4 Å². The van der Waals surface area contributed by atoms with Crippen molar-refractivity contribution in [2.45, 2.75) is 45.2 Å². The Balaban J connectivity index is 2.34. The second-order valence-corrected chi connectivity index (χ2v) is 9.51. The molecule has 1 amide bonds. The van der Waals surface area contributed by atoms with Crippen LogP contribution in [0.5, 0.6) is 0 Å². The molecule has 0 saturated heterocycles. The Morgan fingerprint density at radius 2 is 1.77 bits per heavy atom. The zero-order valence-electron chi connectivity index (χ0n) is 17.3. The predicted molar refractivity (Wildman–Crippen MR) is 112 cm³/mol. The van der Waals surface area contributed by atoms with Gasteiger partial charge in [-0.15, -0.1) is 0 Å². The molecule has 0 aromatic heterocycles. The van der Waals surface area contributed by atoms with Crippen LogP contribution in [0.1, 0.15) is 44.4 Å². The van der Waals surface area contributed by atoms with Crippen LogP contribution in [0.25, 0.3) is 0 Å². The van der Waals surface area contributed by atoms with E-state index in [0.29, 0.717) is 11.6 Å². The summed E-state index contributed by atoms with van der Waals surface area (Å²) in [5.74, 6) is -1.57. The third-order valence-electron chi connectivity index (χ3n) is 3.97. The molecule has 0 unspecified atom stereocenters. The molecule has 0 bridgehead atoms. The quantitative estimate of drug-likeness (QED) is 0.346. The van der Waals surface area contributed by atoms with E-state index in [-0.39, 0.29) is 18.0 Å². The van der Waals surface area contributed by atoms with Gasteiger partial charge in [0.15, 0.2) is 0 Å². The molecule has 1 N–H and O–H groups in total. The number of rotatable bonds is 5. The summed E-state index contributed by atoms with van der Waals surface area (Å²) in [7, 11) is 0. The first-order chi connectivity index (χ1) is 14.3. The van der Waals surface area contributed by atoms with E-state index in [1.807, 2.05) is 0 Å². The number of hydrogen-bond acceptors (Lipinski definition) is 4. The van der Waals surface area contributed by atoms with E-state index in [1.54, 1.807) is 51.1 Å². The summed E-state index contributed by atoms with van der Waals surface area (Å²) in [4.78, 5) is 12.0. The lowest BCUT2D eigenvalue weighted by Gasteiger charge is -2.19. The van der Waals surface area contributed by atoms with Gasteiger partial charge < -0.3 is 9.29 Å². The Morgan fingerprint density at radius 1 is 1.16 bits per heavy atom. The van der Waals surface area contributed by atoms with E-state index < -0.39 is 45.3 Å². The van der Waals surface area contributed by atoms with Crippen LogP contribution in [0.4, 0.5) is 28.0 Å². The SMILES string of the molecule is C/C(=N\[S@+]([O-])C(C)(C)C)c1cc(NC(=O)OCc2ccccc2)cc(C(F)(F)F)c1F. The molecule has 5 nitrogen and oxygen atoms in total. The Morgan fingerprint density at radius 3 is 2.32 bits per heavy atom. The molecule has 1 atom stereocenters. The number of alkyl halides is 3. The van der Waals surface area contributed by atoms with Crippen LogP contribution in [-0.4, -0.2) is 21.1 Å². The van der Waals surface area contributed by atoms with E-state index in [9.17, 15) is 26.9 Å². The first-order valence-electron chi connectivity index (χ1n) is 9.15. The highest BCUT2D eigenvalue weighted by Crippen LogP contribution is 2.35. The van der Waals surface area contributed by atoms with Gasteiger partial charge in [0.05, 0.1) is 11.3 Å². The molecule has 0 aliphatic rings. The highest BCUT2D eigenvalue weighted by Gasteiger charge is 2.37. The van der Waals surface area contributed by atoms with Gasteiger partial charge >= 0.3 is 12.3 Å². The molecule has 0 spiro atoms. The van der Waals surface area contributed by atoms with Crippen molar-refractivity contribution in [3.8, 4) is 0 Å². The fourth-order valence-electron chi connectivity index (χ4n) is 2.35. The number of nitrogens with zero attached hydrogens (tertiary/aromatic N) is 1. The second kappa shape index (κ2) is 9.69. The minimum Gasteiger partial charge on any atom is -0.591 e. The Bertz CT molecular complexity index is 958. The highest BCUT2D eigenvalue weighted by atomic mass is 32.2. The lowest BCUT2D eigenvalue weighted by atomic mass is 10.0. The van der Waals surface area contributed by atoms with Crippen molar-refractivity contribution in [1.29, 1.82) is 0 Å². The average Bonchev–Trinajstić information content (AvgIpc) is 2.66. The van der Waals surface area contributed by atoms with Gasteiger partial charge in [0.25, 0.3) is 0 Å². The lowest BCUT2D eigenvalue weighted by molar-refractivity contribution is -0.139. The molecule has 0 radical (unpaired) electrons. The summed E-state index contributed by atoms with van der Waals surface area (Å²) in [6, 6.07) is 10.1. The van der Waals surface area contributed by atoms with Gasteiger partial charge in [-0.3, -0.25) is 5.32 Å². The van der Waals surface area contributed by atoms with Crippen LogP contribution < -0.4 is 5.32 Å². The third-order valence-corrected chi connectivity index (χ3v) is 5.46. The van der Waals surface area contributed by atoms with Crippen LogP contribution in [0, 0.1) is 5.82 Å². The van der Waals surface area contributed by atoms with E-state index in [2.05, 4.69) is 9.71 Å². The van der Waals surface area contributed by atoms with E-state index in [0.717, 1.165) is 6.07 Å². The molecular weight excluding hydrogens is 436 g/mol. The zero-order chi connectivity index (χ0) is 23.4. The van der Waals surface area contributed by atoms with Gasteiger partial charge in [-0.1, -0.05) is 34.7 Å². The lowest BCUT2D eigenvalue weighted by Crippen LogP contribution is -2.27. The largest absolute Gasteiger partial charge is 0.591 e. The van der Waals surface area contributed by atoms with Gasteiger partial charge in [-0.2, -0.15) is 13.2 Å². The molecule has 2 aromatic rings. The number of carbonyl (C=O) groups excluding carboxylic acids is 1. The predicted octanol–water partition coefficient (Wildman–Crippen LogP) is 5.86. The first kappa shape index (κ1) is 24.7. The normalized spacial score (nSPS) is 13.6. The van der Waals surface area contributed by atoms with Crippen LogP contribution in [0.15, 0.2) is 46.9 Å². The van der Waals surface area contributed by atoms with Crippen molar-refractivity contribution in [3.63, 3.8) is 0 Å². The fraction of sp³-hybridized carbons (Fsp3) is 0.333. The topological polar surface area (TPSA) is 73.8 Å². The molecular formula is C21H22F4N2O3S. The molecule has 2 aromatic carbocycles. The number of halogens is 4. The van der Waals surface area contributed by atoms with Gasteiger partial charge in [-0.25, -0.2) is 9.18 Å². The zero-order valence-corrected chi connectivity index (χ0v) is 18.2. The van der Waals surface area contributed by atoms with Crippen LogP contribution in [0.3, 0.4) is 0 Å². The van der Waals surface area contributed by atoms with Crippen molar-refractivity contribution in [3.05, 3.63) is 65.0 Å². The van der Waals surface area contributed by atoms with E-state index >= 15 is 0 Å². The van der Waals surface area contributed by atoms with E-state index in [4.69, 9.17) is 4.74 Å². The van der Waals surface area contributed by atoms with Crippen LogP contribution in [-0.2, 0) is 28.9 Å². The molecule has 10 heteroatoms. The maximum absolute atomic E-state index is 14.6. The summed E-state index contributed by atoms with van der Waals surface area (Å²) in [5, 5.41) is 2.17. The number of ether oxygens (including phenoxy) is 1. The number of anilines is 1. The Kier molecular flexibility index (Phi) is 7.72. The van der Waals surface area contributed by atoms with Crippen molar-refractivity contribution in [1.82, 2.24) is 0 Å². The van der Waals surface area contributed by atoms with Crippen LogP contribution >= 0.6 is 0 Å². The minimum atomic E-state index is -5.02. The summed E-state index contributed by atoms with van der Waals surface area (Å²) < 4.78 is 74.9. The molecule has 0 aliphatic carbocycles. The summed E-state index contributed by atoms with van der Waals surface area (Å²) in [5.41, 5.74) is -1.96. The maximum atomic E-state index is 14.6. The maximum Gasteiger partial charge on any atom is 0.419 e. The van der Waals surface area contributed by atoms with Crippen molar-refractivity contribution < 1.29 is 31.6 Å². The average molecular weight is 458 g/mol. The molecule has 0 fully saturated rings. The molecule has 2 rings (SSSR count). The van der Waals surface area contributed by atoms with E-state index in [1.165, 1.54) is 6.92 Å². The molecule has 0 saturated carbocycles. The monoisotopic (exact) mass is 458 g/mol. The van der Waals surface area contributed by atoms with Crippen LogP contribution in [0.2, 0.25) is 0 Å².